The van der Waals surface area contributed by atoms with Crippen molar-refractivity contribution >= 4 is 52.3 Å². The maximum absolute atomic E-state index is 14.0. The molecule has 204 valence electrons. The summed E-state index contributed by atoms with van der Waals surface area (Å²) in [6.45, 7) is -0.0333. The Hall–Kier alpha value is -2.95. The summed E-state index contributed by atoms with van der Waals surface area (Å²) in [4.78, 5) is 46.9. The van der Waals surface area contributed by atoms with Crippen LogP contribution in [0, 0.1) is 0 Å². The lowest BCUT2D eigenvalue weighted by atomic mass is 9.77. The second-order valence-corrected chi connectivity index (χ2v) is 11.6. The number of aromatic carboxylic acids is 1. The highest BCUT2D eigenvalue weighted by molar-refractivity contribution is 7.13. The molecule has 2 amide bonds. The number of amides is 2. The molecule has 0 saturated heterocycles. The zero-order chi connectivity index (χ0) is 27.7. The van der Waals surface area contributed by atoms with E-state index in [1.165, 1.54) is 6.07 Å². The number of carbonyl (C=O) groups excluding carboxylic acids is 2. The predicted octanol–water partition coefficient (Wildman–Crippen LogP) is 5.59. The summed E-state index contributed by atoms with van der Waals surface area (Å²) in [6.07, 6.45) is 2.09. The zero-order valence-corrected chi connectivity index (χ0v) is 23.0. The van der Waals surface area contributed by atoms with Crippen LogP contribution in [0.2, 0.25) is 10.0 Å². The van der Waals surface area contributed by atoms with Gasteiger partial charge in [0.2, 0.25) is 0 Å². The summed E-state index contributed by atoms with van der Waals surface area (Å²) in [7, 11) is 0. The van der Waals surface area contributed by atoms with Crippen molar-refractivity contribution in [3.8, 4) is 0 Å². The molecule has 3 aromatic rings. The molecule has 1 aliphatic heterocycles. The summed E-state index contributed by atoms with van der Waals surface area (Å²) < 4.78 is 0. The van der Waals surface area contributed by atoms with Gasteiger partial charge in [-0.1, -0.05) is 60.3 Å². The maximum Gasteiger partial charge on any atom is 0.345 e. The van der Waals surface area contributed by atoms with E-state index in [0.29, 0.717) is 44.5 Å². The Morgan fingerprint density at radius 2 is 1.82 bits per heavy atom. The molecule has 2 aliphatic rings. The zero-order valence-electron chi connectivity index (χ0n) is 20.7. The first-order chi connectivity index (χ1) is 18.8. The van der Waals surface area contributed by atoms with Crippen molar-refractivity contribution in [1.82, 2.24) is 10.4 Å². The van der Waals surface area contributed by atoms with Crippen LogP contribution in [0.15, 0.2) is 54.6 Å². The van der Waals surface area contributed by atoms with Gasteiger partial charge in [0.15, 0.2) is 0 Å². The van der Waals surface area contributed by atoms with Crippen LogP contribution in [-0.4, -0.2) is 45.0 Å². The van der Waals surface area contributed by atoms with Crippen molar-refractivity contribution in [2.24, 2.45) is 0 Å². The van der Waals surface area contributed by atoms with Crippen LogP contribution in [0.5, 0.6) is 0 Å². The lowest BCUT2D eigenvalue weighted by Crippen LogP contribution is -2.55. The molecule has 11 heteroatoms. The van der Waals surface area contributed by atoms with Crippen LogP contribution in [0.1, 0.15) is 73.7 Å². The van der Waals surface area contributed by atoms with E-state index in [1.807, 2.05) is 0 Å². The molecule has 0 unspecified atom stereocenters. The molecule has 4 atom stereocenters. The Labute approximate surface area is 239 Å². The number of fused-ring (bicyclic) bond motifs is 1. The first-order valence-corrected chi connectivity index (χ1v) is 14.1. The van der Waals surface area contributed by atoms with E-state index in [9.17, 15) is 19.5 Å². The van der Waals surface area contributed by atoms with Crippen molar-refractivity contribution in [1.29, 1.82) is 0 Å². The number of carboxylic acids is 1. The molecule has 2 heterocycles. The number of thiophene rings is 1. The van der Waals surface area contributed by atoms with E-state index in [0.717, 1.165) is 24.2 Å². The van der Waals surface area contributed by atoms with Crippen molar-refractivity contribution in [3.63, 3.8) is 0 Å². The van der Waals surface area contributed by atoms with Gasteiger partial charge in [0.25, 0.3) is 11.8 Å². The highest BCUT2D eigenvalue weighted by atomic mass is 35.5. The summed E-state index contributed by atoms with van der Waals surface area (Å²) in [5.74, 6) is -2.73. The molecule has 1 aliphatic carbocycles. The van der Waals surface area contributed by atoms with Gasteiger partial charge < -0.3 is 15.1 Å². The monoisotopic (exact) mass is 588 g/mol. The smallest absolute Gasteiger partial charge is 0.345 e. The number of aliphatic hydroxyl groups is 1. The fourth-order valence-corrected chi connectivity index (χ4v) is 6.78. The maximum atomic E-state index is 14.0. The Kier molecular flexibility index (Phi) is 8.25. The molecule has 8 nitrogen and oxygen atoms in total. The van der Waals surface area contributed by atoms with Gasteiger partial charge in [0.1, 0.15) is 11.5 Å². The molecule has 39 heavy (non-hydrogen) atoms. The average Bonchev–Trinajstić information content (AvgIpc) is 3.39. The number of nitrogens with one attached hydrogen (secondary N) is 1. The minimum Gasteiger partial charge on any atom is -0.477 e. The Morgan fingerprint density at radius 3 is 2.54 bits per heavy atom. The molecule has 1 aromatic heterocycles. The third-order valence-corrected chi connectivity index (χ3v) is 8.86. The van der Waals surface area contributed by atoms with Gasteiger partial charge in [0.05, 0.1) is 24.1 Å². The number of nitrogens with zero attached hydrogens (tertiary/aromatic N) is 1. The molecule has 1 saturated carbocycles. The topological polar surface area (TPSA) is 116 Å². The van der Waals surface area contributed by atoms with E-state index in [1.54, 1.807) is 53.4 Å². The molecule has 1 fully saturated rings. The minimum absolute atomic E-state index is 0.0333. The lowest BCUT2D eigenvalue weighted by Gasteiger charge is -2.48. The number of carboxylic acid groups (broad SMARTS) is 1. The van der Waals surface area contributed by atoms with Gasteiger partial charge >= 0.3 is 5.97 Å². The second-order valence-electron chi connectivity index (χ2n) is 9.63. The Morgan fingerprint density at radius 1 is 1.05 bits per heavy atom. The molecule has 0 bridgehead atoms. The summed E-state index contributed by atoms with van der Waals surface area (Å²) in [5.41, 5.74) is 3.94. The molecule has 2 aromatic carbocycles. The van der Waals surface area contributed by atoms with Crippen molar-refractivity contribution in [3.05, 3.63) is 91.1 Å². The molecule has 0 radical (unpaired) electrons. The number of rotatable bonds is 7. The second kappa shape index (κ2) is 11.7. The standard InChI is InChI=1S/C28H26Cl2N2O6S/c29-15-9-11-19(20(30)13-15)25-24(26(34)31-38-14-16-10-12-23(39-16)28(36)37)17-5-1-2-6-18(17)27(35)32(25)21-7-3-4-8-22(21)33/h1-2,5-6,9-13,21-22,24-25,33H,3-4,7-8,14H2,(H,31,34)(H,36,37)/t21-,22-,24+,25-/m0/s1. The number of halogens is 2. The van der Waals surface area contributed by atoms with E-state index in [-0.39, 0.29) is 17.4 Å². The van der Waals surface area contributed by atoms with Crippen LogP contribution in [-0.2, 0) is 16.2 Å². The van der Waals surface area contributed by atoms with Crippen molar-refractivity contribution in [2.75, 3.05) is 0 Å². The van der Waals surface area contributed by atoms with Gasteiger partial charge in [0, 0.05) is 20.5 Å². The SMILES string of the molecule is O=C(O)c1ccc(CONC(=O)[C@@H]2c3ccccc3C(=O)N([C@H]3CCCC[C@@H]3O)[C@H]2c2ccc(Cl)cc2Cl)s1. The number of benzene rings is 2. The van der Waals surface area contributed by atoms with Gasteiger partial charge in [-0.3, -0.25) is 14.4 Å². The van der Waals surface area contributed by atoms with Crippen LogP contribution in [0.3, 0.4) is 0 Å². The number of hydrogen-bond donors (Lipinski definition) is 3. The highest BCUT2D eigenvalue weighted by Crippen LogP contribution is 2.47. The third-order valence-electron chi connectivity index (χ3n) is 7.25. The summed E-state index contributed by atoms with van der Waals surface area (Å²) in [6, 6.07) is 13.6. The largest absolute Gasteiger partial charge is 0.477 e. The first kappa shape index (κ1) is 27.6. The fraction of sp³-hybridized carbons (Fsp3) is 0.321. The molecule has 5 rings (SSSR count). The van der Waals surface area contributed by atoms with Gasteiger partial charge in [-0.25, -0.2) is 10.3 Å². The molecule has 0 spiro atoms. The van der Waals surface area contributed by atoms with E-state index in [4.69, 9.17) is 33.1 Å². The van der Waals surface area contributed by atoms with Crippen LogP contribution < -0.4 is 5.48 Å². The third kappa shape index (κ3) is 5.55. The lowest BCUT2D eigenvalue weighted by molar-refractivity contribution is -0.138. The van der Waals surface area contributed by atoms with E-state index in [2.05, 4.69) is 5.48 Å². The first-order valence-electron chi connectivity index (χ1n) is 12.5. The van der Waals surface area contributed by atoms with Gasteiger partial charge in [-0.2, -0.15) is 0 Å². The highest BCUT2D eigenvalue weighted by Gasteiger charge is 2.49. The molecular formula is C28H26Cl2N2O6S. The Bertz CT molecular complexity index is 1410. The van der Waals surface area contributed by atoms with Crippen LogP contribution >= 0.6 is 34.5 Å². The van der Waals surface area contributed by atoms with Gasteiger partial charge in [-0.05, 0) is 54.3 Å². The van der Waals surface area contributed by atoms with E-state index >= 15 is 0 Å². The van der Waals surface area contributed by atoms with Gasteiger partial charge in [-0.15, -0.1) is 11.3 Å². The number of carbonyl (C=O) groups is 3. The number of hydroxylamine groups is 1. The van der Waals surface area contributed by atoms with Crippen molar-refractivity contribution in [2.45, 2.75) is 56.4 Å². The predicted molar refractivity (Wildman–Crippen MR) is 147 cm³/mol. The van der Waals surface area contributed by atoms with E-state index < -0.39 is 36.0 Å². The summed E-state index contributed by atoms with van der Waals surface area (Å²) in [5, 5.41) is 20.9. The average molecular weight is 589 g/mol. The Balaban J connectivity index is 1.53. The van der Waals surface area contributed by atoms with Crippen molar-refractivity contribution < 1.29 is 29.4 Å². The van der Waals surface area contributed by atoms with Crippen LogP contribution in [0.4, 0.5) is 0 Å². The normalized spacial score (nSPS) is 22.8. The molecule has 3 N–H and O–H groups in total. The minimum atomic E-state index is -1.04. The number of hydrogen-bond acceptors (Lipinski definition) is 6. The molecular weight excluding hydrogens is 563 g/mol. The number of aliphatic hydroxyl groups excluding tert-OH is 1. The quantitative estimate of drug-likeness (QED) is 0.310. The summed E-state index contributed by atoms with van der Waals surface area (Å²) >= 11 is 13.9. The fourth-order valence-electron chi connectivity index (χ4n) is 5.50. The van der Waals surface area contributed by atoms with Crippen LogP contribution in [0.25, 0.3) is 0 Å².